The molecule has 3 rings (SSSR count). The second kappa shape index (κ2) is 9.73. The molecule has 1 atom stereocenters. The quantitative estimate of drug-likeness (QED) is 0.612. The number of para-hydroxylation sites is 2. The third-order valence-electron chi connectivity index (χ3n) is 4.48. The van der Waals surface area contributed by atoms with Crippen molar-refractivity contribution in [3.8, 4) is 22.8 Å². The van der Waals surface area contributed by atoms with Crippen LogP contribution in [0.15, 0.2) is 65.5 Å². The number of hydrogen-bond acceptors (Lipinski definition) is 5. The second-order valence-electron chi connectivity index (χ2n) is 6.55. The maximum absolute atomic E-state index is 12.8. The molecule has 156 valence electrons. The lowest BCUT2D eigenvalue weighted by molar-refractivity contribution is -0.119. The van der Waals surface area contributed by atoms with Crippen molar-refractivity contribution >= 4 is 11.6 Å². The molecule has 7 nitrogen and oxygen atoms in total. The van der Waals surface area contributed by atoms with Crippen LogP contribution in [0.1, 0.15) is 26.8 Å². The van der Waals surface area contributed by atoms with E-state index in [9.17, 15) is 9.59 Å². The molecule has 0 saturated heterocycles. The van der Waals surface area contributed by atoms with Crippen LogP contribution in [0, 0.1) is 0 Å². The molecule has 1 N–H and O–H groups in total. The Labute approximate surface area is 175 Å². The third kappa shape index (κ3) is 4.86. The Hall–Kier alpha value is -3.61. The number of amides is 1. The van der Waals surface area contributed by atoms with E-state index in [1.807, 2.05) is 44.2 Å². The average Bonchev–Trinajstić information content (AvgIpc) is 2.76. The Balaban J connectivity index is 1.83. The summed E-state index contributed by atoms with van der Waals surface area (Å²) in [7, 11) is 0. The molecule has 30 heavy (non-hydrogen) atoms. The number of anilines is 1. The van der Waals surface area contributed by atoms with Gasteiger partial charge in [-0.25, -0.2) is 4.68 Å². The number of benzene rings is 2. The van der Waals surface area contributed by atoms with Crippen LogP contribution in [-0.4, -0.2) is 28.9 Å². The summed E-state index contributed by atoms with van der Waals surface area (Å²) in [5.74, 6) is 0.972. The molecule has 0 spiro atoms. The van der Waals surface area contributed by atoms with Crippen molar-refractivity contribution in [2.45, 2.75) is 26.8 Å². The predicted molar refractivity (Wildman–Crippen MR) is 116 cm³/mol. The standard InChI is InChI=1S/C23H25N3O4/c1-4-29-18-12-10-17(11-13-18)19-14-15-22(27)26(25-19)16(3)23(28)24-20-8-6-7-9-21(20)30-5-2/h6-16H,4-5H2,1-3H3,(H,24,28). The highest BCUT2D eigenvalue weighted by molar-refractivity contribution is 5.94. The fourth-order valence-electron chi connectivity index (χ4n) is 2.94. The van der Waals surface area contributed by atoms with Gasteiger partial charge in [0.05, 0.1) is 24.6 Å². The molecule has 0 bridgehead atoms. The van der Waals surface area contributed by atoms with Crippen LogP contribution in [0.3, 0.4) is 0 Å². The summed E-state index contributed by atoms with van der Waals surface area (Å²) >= 11 is 0. The minimum Gasteiger partial charge on any atom is -0.494 e. The van der Waals surface area contributed by atoms with Crippen LogP contribution in [0.2, 0.25) is 0 Å². The largest absolute Gasteiger partial charge is 0.494 e. The van der Waals surface area contributed by atoms with E-state index in [2.05, 4.69) is 10.4 Å². The zero-order chi connectivity index (χ0) is 21.5. The van der Waals surface area contributed by atoms with E-state index in [1.165, 1.54) is 10.7 Å². The molecule has 7 heteroatoms. The number of carbonyl (C=O) groups excluding carboxylic acids is 1. The Bertz CT molecular complexity index is 1060. The third-order valence-corrected chi connectivity index (χ3v) is 4.48. The average molecular weight is 407 g/mol. The number of carbonyl (C=O) groups is 1. The Morgan fingerprint density at radius 1 is 1.00 bits per heavy atom. The highest BCUT2D eigenvalue weighted by atomic mass is 16.5. The zero-order valence-corrected chi connectivity index (χ0v) is 17.3. The summed E-state index contributed by atoms with van der Waals surface area (Å²) in [6.45, 7) is 6.49. The summed E-state index contributed by atoms with van der Waals surface area (Å²) in [5.41, 5.74) is 1.60. The first-order valence-corrected chi connectivity index (χ1v) is 9.89. The van der Waals surface area contributed by atoms with Crippen LogP contribution in [-0.2, 0) is 4.79 Å². The number of ether oxygens (including phenoxy) is 2. The molecule has 0 aliphatic rings. The van der Waals surface area contributed by atoms with Gasteiger partial charge in [0.15, 0.2) is 0 Å². The van der Waals surface area contributed by atoms with E-state index >= 15 is 0 Å². The SMILES string of the molecule is CCOc1ccc(-c2ccc(=O)n(C(C)C(=O)Nc3ccccc3OCC)n2)cc1. The smallest absolute Gasteiger partial charge is 0.267 e. The van der Waals surface area contributed by atoms with Gasteiger partial charge in [0.1, 0.15) is 17.5 Å². The van der Waals surface area contributed by atoms with Crippen LogP contribution in [0.4, 0.5) is 5.69 Å². The van der Waals surface area contributed by atoms with Gasteiger partial charge in [-0.05, 0) is 63.2 Å². The molecule has 0 fully saturated rings. The number of hydrogen-bond donors (Lipinski definition) is 1. The monoisotopic (exact) mass is 407 g/mol. The first-order chi connectivity index (χ1) is 14.5. The molecule has 0 saturated carbocycles. The van der Waals surface area contributed by atoms with Gasteiger partial charge < -0.3 is 14.8 Å². The molecule has 2 aromatic carbocycles. The first-order valence-electron chi connectivity index (χ1n) is 9.89. The normalized spacial score (nSPS) is 11.6. The molecular formula is C23H25N3O4. The highest BCUT2D eigenvalue weighted by Gasteiger charge is 2.19. The lowest BCUT2D eigenvalue weighted by atomic mass is 10.1. The zero-order valence-electron chi connectivity index (χ0n) is 17.3. The summed E-state index contributed by atoms with van der Waals surface area (Å²) in [6, 6.07) is 16.8. The molecule has 1 amide bonds. The van der Waals surface area contributed by atoms with E-state index in [0.717, 1.165) is 11.3 Å². The summed E-state index contributed by atoms with van der Waals surface area (Å²) in [6.07, 6.45) is 0. The van der Waals surface area contributed by atoms with Crippen molar-refractivity contribution < 1.29 is 14.3 Å². The maximum atomic E-state index is 12.8. The van der Waals surface area contributed by atoms with Crippen molar-refractivity contribution in [1.29, 1.82) is 0 Å². The van der Waals surface area contributed by atoms with Gasteiger partial charge in [-0.15, -0.1) is 0 Å². The highest BCUT2D eigenvalue weighted by Crippen LogP contribution is 2.25. The molecule has 1 unspecified atom stereocenters. The molecule has 1 aromatic heterocycles. The topological polar surface area (TPSA) is 82.5 Å². The minimum absolute atomic E-state index is 0.356. The van der Waals surface area contributed by atoms with Gasteiger partial charge in [0.25, 0.3) is 5.56 Å². The van der Waals surface area contributed by atoms with E-state index in [1.54, 1.807) is 31.2 Å². The van der Waals surface area contributed by atoms with Crippen LogP contribution < -0.4 is 20.3 Å². The Kier molecular flexibility index (Phi) is 6.85. The first kappa shape index (κ1) is 21.1. The number of nitrogens with one attached hydrogen (secondary N) is 1. The second-order valence-corrected chi connectivity index (χ2v) is 6.55. The van der Waals surface area contributed by atoms with E-state index in [4.69, 9.17) is 9.47 Å². The van der Waals surface area contributed by atoms with Crippen molar-refractivity contribution in [1.82, 2.24) is 9.78 Å². The van der Waals surface area contributed by atoms with Crippen molar-refractivity contribution in [3.05, 3.63) is 71.0 Å². The molecule has 0 radical (unpaired) electrons. The number of aromatic nitrogens is 2. The van der Waals surface area contributed by atoms with Crippen LogP contribution >= 0.6 is 0 Å². The lowest BCUT2D eigenvalue weighted by Crippen LogP contribution is -2.33. The van der Waals surface area contributed by atoms with Crippen LogP contribution in [0.5, 0.6) is 11.5 Å². The molecule has 1 heterocycles. The van der Waals surface area contributed by atoms with Gasteiger partial charge >= 0.3 is 0 Å². The molecule has 0 aliphatic carbocycles. The fraction of sp³-hybridized carbons (Fsp3) is 0.261. The Morgan fingerprint density at radius 2 is 1.70 bits per heavy atom. The minimum atomic E-state index is -0.810. The van der Waals surface area contributed by atoms with Crippen molar-refractivity contribution in [3.63, 3.8) is 0 Å². The number of rotatable bonds is 8. The summed E-state index contributed by atoms with van der Waals surface area (Å²) < 4.78 is 12.2. The fourth-order valence-corrected chi connectivity index (χ4v) is 2.94. The molecule has 0 aliphatic heterocycles. The predicted octanol–water partition coefficient (Wildman–Crippen LogP) is 3.91. The van der Waals surface area contributed by atoms with Gasteiger partial charge in [0.2, 0.25) is 5.91 Å². The summed E-state index contributed by atoms with van der Waals surface area (Å²) in [4.78, 5) is 25.2. The van der Waals surface area contributed by atoms with Crippen LogP contribution in [0.25, 0.3) is 11.3 Å². The molecular weight excluding hydrogens is 382 g/mol. The summed E-state index contributed by atoms with van der Waals surface area (Å²) in [5, 5.41) is 7.23. The number of nitrogens with zero attached hydrogens (tertiary/aromatic N) is 2. The van der Waals surface area contributed by atoms with Gasteiger partial charge in [0, 0.05) is 11.6 Å². The van der Waals surface area contributed by atoms with E-state index < -0.39 is 6.04 Å². The van der Waals surface area contributed by atoms with Gasteiger partial charge in [-0.3, -0.25) is 9.59 Å². The molecule has 3 aromatic rings. The maximum Gasteiger partial charge on any atom is 0.267 e. The van der Waals surface area contributed by atoms with Gasteiger partial charge in [-0.2, -0.15) is 5.10 Å². The van der Waals surface area contributed by atoms with Crippen molar-refractivity contribution in [2.75, 3.05) is 18.5 Å². The van der Waals surface area contributed by atoms with E-state index in [-0.39, 0.29) is 11.5 Å². The van der Waals surface area contributed by atoms with Gasteiger partial charge in [-0.1, -0.05) is 12.1 Å². The lowest BCUT2D eigenvalue weighted by Gasteiger charge is -2.16. The van der Waals surface area contributed by atoms with Crippen molar-refractivity contribution in [2.24, 2.45) is 0 Å². The Morgan fingerprint density at radius 3 is 2.40 bits per heavy atom. The van der Waals surface area contributed by atoms with E-state index in [0.29, 0.717) is 30.3 Å².